The molecular formula is C18H24N4O3. The van der Waals surface area contributed by atoms with Gasteiger partial charge in [-0.2, -0.15) is 4.98 Å². The quantitative estimate of drug-likeness (QED) is 0.533. The first-order valence-corrected chi connectivity index (χ1v) is 8.26. The van der Waals surface area contributed by atoms with Crippen LogP contribution >= 0.6 is 0 Å². The molecule has 1 aromatic carbocycles. The fourth-order valence-corrected chi connectivity index (χ4v) is 2.23. The van der Waals surface area contributed by atoms with Crippen molar-refractivity contribution in [1.82, 2.24) is 9.97 Å². The molecule has 0 atom stereocenters. The minimum absolute atomic E-state index is 0.200. The van der Waals surface area contributed by atoms with E-state index in [1.165, 1.54) is 7.11 Å². The Balaban J connectivity index is 2.03. The Hall–Kier alpha value is -2.83. The lowest BCUT2D eigenvalue weighted by Gasteiger charge is -2.12. The molecular weight excluding hydrogens is 320 g/mol. The van der Waals surface area contributed by atoms with Crippen LogP contribution in [0.4, 0.5) is 11.8 Å². The standard InChI is InChI=1S/C18H24N4O3/c1-3-4-8-20-17-15(11-21-18(19)22-17)25-12-14-7-5-6-13(9-14)10-16(23)24-2/h5-7,9,11H,3-4,8,10,12H2,1-2H3,(H3,19,20,21,22). The number of nitrogens with zero attached hydrogens (tertiary/aromatic N) is 2. The Morgan fingerprint density at radius 1 is 1.32 bits per heavy atom. The number of rotatable bonds is 9. The first-order valence-electron chi connectivity index (χ1n) is 8.26. The van der Waals surface area contributed by atoms with E-state index in [0.29, 0.717) is 18.2 Å². The van der Waals surface area contributed by atoms with Crippen molar-refractivity contribution < 1.29 is 14.3 Å². The number of anilines is 2. The maximum absolute atomic E-state index is 11.4. The maximum Gasteiger partial charge on any atom is 0.309 e. The Kier molecular flexibility index (Phi) is 7.00. The highest BCUT2D eigenvalue weighted by Gasteiger charge is 2.08. The smallest absolute Gasteiger partial charge is 0.309 e. The highest BCUT2D eigenvalue weighted by molar-refractivity contribution is 5.72. The van der Waals surface area contributed by atoms with Gasteiger partial charge in [0.1, 0.15) is 6.61 Å². The SMILES string of the molecule is CCCCNc1nc(N)ncc1OCc1cccc(CC(=O)OC)c1. The van der Waals surface area contributed by atoms with Gasteiger partial charge in [-0.3, -0.25) is 4.79 Å². The van der Waals surface area contributed by atoms with Gasteiger partial charge in [-0.15, -0.1) is 0 Å². The molecule has 0 radical (unpaired) electrons. The monoisotopic (exact) mass is 344 g/mol. The summed E-state index contributed by atoms with van der Waals surface area (Å²) in [5, 5.41) is 3.22. The molecule has 2 rings (SSSR count). The van der Waals surface area contributed by atoms with Crippen molar-refractivity contribution in [1.29, 1.82) is 0 Å². The van der Waals surface area contributed by atoms with E-state index in [1.807, 2.05) is 24.3 Å². The van der Waals surface area contributed by atoms with Gasteiger partial charge < -0.3 is 20.5 Å². The van der Waals surface area contributed by atoms with Crippen LogP contribution in [0.1, 0.15) is 30.9 Å². The molecule has 0 fully saturated rings. The van der Waals surface area contributed by atoms with Gasteiger partial charge in [0.25, 0.3) is 0 Å². The molecule has 7 nitrogen and oxygen atoms in total. The van der Waals surface area contributed by atoms with Crippen molar-refractivity contribution in [3.8, 4) is 5.75 Å². The first kappa shape index (κ1) is 18.5. The molecule has 1 aromatic heterocycles. The third-order valence-corrected chi connectivity index (χ3v) is 3.56. The van der Waals surface area contributed by atoms with E-state index in [0.717, 1.165) is 30.5 Å². The fourth-order valence-electron chi connectivity index (χ4n) is 2.23. The van der Waals surface area contributed by atoms with E-state index in [1.54, 1.807) is 6.20 Å². The van der Waals surface area contributed by atoms with Gasteiger partial charge in [0.15, 0.2) is 11.6 Å². The van der Waals surface area contributed by atoms with Gasteiger partial charge in [-0.25, -0.2) is 4.98 Å². The van der Waals surface area contributed by atoms with Crippen LogP contribution in [0, 0.1) is 0 Å². The minimum Gasteiger partial charge on any atom is -0.483 e. The van der Waals surface area contributed by atoms with E-state index in [4.69, 9.17) is 15.2 Å². The second-order valence-electron chi connectivity index (χ2n) is 5.58. The van der Waals surface area contributed by atoms with E-state index in [2.05, 4.69) is 22.2 Å². The summed E-state index contributed by atoms with van der Waals surface area (Å²) >= 11 is 0. The van der Waals surface area contributed by atoms with Crippen LogP contribution in [-0.4, -0.2) is 29.6 Å². The molecule has 7 heteroatoms. The van der Waals surface area contributed by atoms with Crippen molar-refractivity contribution in [3.05, 3.63) is 41.6 Å². The molecule has 0 aliphatic heterocycles. The molecule has 0 saturated heterocycles. The van der Waals surface area contributed by atoms with Crippen LogP contribution in [-0.2, 0) is 22.6 Å². The van der Waals surface area contributed by atoms with Crippen LogP contribution in [0.3, 0.4) is 0 Å². The predicted molar refractivity (Wildman–Crippen MR) is 96.3 cm³/mol. The van der Waals surface area contributed by atoms with Crippen LogP contribution < -0.4 is 15.8 Å². The lowest BCUT2D eigenvalue weighted by molar-refractivity contribution is -0.139. The van der Waals surface area contributed by atoms with Crippen LogP contribution in [0.15, 0.2) is 30.5 Å². The number of carbonyl (C=O) groups is 1. The summed E-state index contributed by atoms with van der Waals surface area (Å²) in [6.07, 6.45) is 3.91. The Labute approximate surface area is 147 Å². The predicted octanol–water partition coefficient (Wildman–Crippen LogP) is 2.57. The molecule has 0 unspecified atom stereocenters. The number of ether oxygens (including phenoxy) is 2. The highest BCUT2D eigenvalue weighted by atomic mass is 16.5. The van der Waals surface area contributed by atoms with Crippen molar-refractivity contribution in [2.24, 2.45) is 0 Å². The zero-order valence-electron chi connectivity index (χ0n) is 14.6. The van der Waals surface area contributed by atoms with Gasteiger partial charge in [-0.05, 0) is 17.5 Å². The maximum atomic E-state index is 11.4. The van der Waals surface area contributed by atoms with Crippen molar-refractivity contribution in [2.75, 3.05) is 24.7 Å². The number of nitrogens with one attached hydrogen (secondary N) is 1. The van der Waals surface area contributed by atoms with Gasteiger partial charge in [0.2, 0.25) is 5.95 Å². The number of esters is 1. The number of benzene rings is 1. The minimum atomic E-state index is -0.271. The molecule has 2 aromatic rings. The average molecular weight is 344 g/mol. The molecule has 1 heterocycles. The summed E-state index contributed by atoms with van der Waals surface area (Å²) in [5.74, 6) is 1.06. The highest BCUT2D eigenvalue weighted by Crippen LogP contribution is 2.23. The second-order valence-corrected chi connectivity index (χ2v) is 5.58. The van der Waals surface area contributed by atoms with Crippen LogP contribution in [0.5, 0.6) is 5.75 Å². The second kappa shape index (κ2) is 9.46. The van der Waals surface area contributed by atoms with Gasteiger partial charge in [0, 0.05) is 6.54 Å². The van der Waals surface area contributed by atoms with Crippen LogP contribution in [0.25, 0.3) is 0 Å². The third-order valence-electron chi connectivity index (χ3n) is 3.56. The molecule has 25 heavy (non-hydrogen) atoms. The number of hydrogen-bond donors (Lipinski definition) is 2. The Morgan fingerprint density at radius 3 is 2.88 bits per heavy atom. The number of nitrogen functional groups attached to an aromatic ring is 1. The Bertz CT molecular complexity index is 706. The zero-order valence-corrected chi connectivity index (χ0v) is 14.6. The number of carbonyl (C=O) groups excluding carboxylic acids is 1. The molecule has 0 spiro atoms. The summed E-state index contributed by atoms with van der Waals surface area (Å²) in [5.41, 5.74) is 7.48. The van der Waals surface area contributed by atoms with Gasteiger partial charge >= 0.3 is 5.97 Å². The normalized spacial score (nSPS) is 10.3. The largest absolute Gasteiger partial charge is 0.483 e. The molecule has 0 amide bonds. The summed E-state index contributed by atoms with van der Waals surface area (Å²) in [6.45, 7) is 3.25. The number of unbranched alkanes of at least 4 members (excludes halogenated alkanes) is 1. The van der Waals surface area contributed by atoms with E-state index < -0.39 is 0 Å². The number of aromatic nitrogens is 2. The Morgan fingerprint density at radius 2 is 2.12 bits per heavy atom. The number of methoxy groups -OCH3 is 1. The van der Waals surface area contributed by atoms with Crippen molar-refractivity contribution >= 4 is 17.7 Å². The van der Waals surface area contributed by atoms with E-state index in [9.17, 15) is 4.79 Å². The lowest BCUT2D eigenvalue weighted by atomic mass is 10.1. The molecule has 3 N–H and O–H groups in total. The summed E-state index contributed by atoms with van der Waals surface area (Å²) < 4.78 is 10.5. The summed E-state index contributed by atoms with van der Waals surface area (Å²) in [6, 6.07) is 7.61. The van der Waals surface area contributed by atoms with E-state index >= 15 is 0 Å². The third kappa shape index (κ3) is 5.95. The van der Waals surface area contributed by atoms with Gasteiger partial charge in [-0.1, -0.05) is 37.6 Å². The zero-order chi connectivity index (χ0) is 18.1. The number of nitrogens with two attached hydrogens (primary N) is 1. The topological polar surface area (TPSA) is 99.4 Å². The summed E-state index contributed by atoms with van der Waals surface area (Å²) in [7, 11) is 1.38. The average Bonchev–Trinajstić information content (AvgIpc) is 2.61. The van der Waals surface area contributed by atoms with Crippen molar-refractivity contribution in [3.63, 3.8) is 0 Å². The molecule has 0 aliphatic rings. The molecule has 0 saturated carbocycles. The number of hydrogen-bond acceptors (Lipinski definition) is 7. The van der Waals surface area contributed by atoms with Crippen LogP contribution in [0.2, 0.25) is 0 Å². The molecule has 0 bridgehead atoms. The first-order chi connectivity index (χ1) is 12.1. The van der Waals surface area contributed by atoms with E-state index in [-0.39, 0.29) is 18.3 Å². The lowest BCUT2D eigenvalue weighted by Crippen LogP contribution is -2.09. The summed E-state index contributed by atoms with van der Waals surface area (Å²) in [4.78, 5) is 19.6. The molecule has 134 valence electrons. The van der Waals surface area contributed by atoms with Gasteiger partial charge in [0.05, 0.1) is 19.7 Å². The fraction of sp³-hybridized carbons (Fsp3) is 0.389. The van der Waals surface area contributed by atoms with Crippen molar-refractivity contribution in [2.45, 2.75) is 32.8 Å². The molecule has 0 aliphatic carbocycles.